The number of aromatic nitrogens is 1. The molecule has 0 amide bonds. The molecule has 4 nitrogen and oxygen atoms in total. The van der Waals surface area contributed by atoms with Gasteiger partial charge in [0.2, 0.25) is 5.88 Å². The number of hydrogen-bond acceptors (Lipinski definition) is 5. The predicted molar refractivity (Wildman–Crippen MR) is 146 cm³/mol. The minimum Gasteiger partial charge on any atom is -0.506 e. The van der Waals surface area contributed by atoms with E-state index in [1.807, 2.05) is 48.2 Å². The largest absolute Gasteiger partial charge is 0.506 e. The molecule has 5 heteroatoms. The van der Waals surface area contributed by atoms with E-state index in [9.17, 15) is 5.11 Å². The number of phenolic OH excluding ortho intramolecular Hbond substituents is 1. The number of ether oxygens (including phenoxy) is 1. The Morgan fingerprint density at radius 1 is 0.806 bits per heavy atom. The number of rotatable bonds is 3. The minimum absolute atomic E-state index is 0.114. The standard InChI is InChI=1S/C31H22N2O2S/c34-26-14-6-8-19-15-16-28(32-29(19)26)35-22-10-5-9-21(17-22)31-33-30-25-13-4-3-12-24(25)23-11-2-1-7-20(23)18-27(30)36-31/h1-17,27,30,34H,18H2/t27-,30-/m0/s1. The smallest absolute Gasteiger partial charge is 0.219 e. The van der Waals surface area contributed by atoms with E-state index in [2.05, 4.69) is 59.6 Å². The van der Waals surface area contributed by atoms with Gasteiger partial charge in [0.25, 0.3) is 0 Å². The van der Waals surface area contributed by atoms with Crippen LogP contribution in [0.2, 0.25) is 0 Å². The summed E-state index contributed by atoms with van der Waals surface area (Å²) in [4.78, 5) is 9.75. The fourth-order valence-electron chi connectivity index (χ4n) is 5.18. The first-order valence-electron chi connectivity index (χ1n) is 12.0. The molecule has 2 heterocycles. The van der Waals surface area contributed by atoms with Gasteiger partial charge < -0.3 is 9.84 Å². The van der Waals surface area contributed by atoms with Crippen molar-refractivity contribution < 1.29 is 9.84 Å². The first kappa shape index (κ1) is 21.2. The quantitative estimate of drug-likeness (QED) is 0.286. The molecule has 2 aliphatic rings. The van der Waals surface area contributed by atoms with Crippen molar-refractivity contribution >= 4 is 27.7 Å². The molecule has 1 N–H and O–H groups in total. The van der Waals surface area contributed by atoms with Crippen LogP contribution in [-0.4, -0.2) is 20.4 Å². The van der Waals surface area contributed by atoms with Crippen LogP contribution in [0.4, 0.5) is 0 Å². The highest BCUT2D eigenvalue weighted by atomic mass is 32.2. The number of fused-ring (bicyclic) bond motifs is 6. The van der Waals surface area contributed by atoms with Gasteiger partial charge in [-0.3, -0.25) is 4.99 Å². The monoisotopic (exact) mass is 486 g/mol. The van der Waals surface area contributed by atoms with Gasteiger partial charge in [-0.25, -0.2) is 4.98 Å². The summed E-state index contributed by atoms with van der Waals surface area (Å²) >= 11 is 1.85. The number of para-hydroxylation sites is 1. The third-order valence-corrected chi connectivity index (χ3v) is 8.15. The van der Waals surface area contributed by atoms with Gasteiger partial charge in [-0.1, -0.05) is 84.6 Å². The topological polar surface area (TPSA) is 54.7 Å². The van der Waals surface area contributed by atoms with Gasteiger partial charge in [0.15, 0.2) is 0 Å². The second-order valence-corrected chi connectivity index (χ2v) is 10.3. The van der Waals surface area contributed by atoms with Crippen LogP contribution in [0.15, 0.2) is 108 Å². The highest BCUT2D eigenvalue weighted by Gasteiger charge is 2.36. The number of aliphatic imine (C=N–C) groups is 1. The van der Waals surface area contributed by atoms with Gasteiger partial charge in [0.05, 0.1) is 11.1 Å². The van der Waals surface area contributed by atoms with Crippen LogP contribution in [0.1, 0.15) is 22.7 Å². The summed E-state index contributed by atoms with van der Waals surface area (Å²) in [7, 11) is 0. The summed E-state index contributed by atoms with van der Waals surface area (Å²) in [5.41, 5.74) is 6.85. The normalized spacial score (nSPS) is 18.1. The molecule has 1 aromatic heterocycles. The summed E-state index contributed by atoms with van der Waals surface area (Å²) in [5, 5.41) is 12.4. The number of benzene rings is 4. The predicted octanol–water partition coefficient (Wildman–Crippen LogP) is 7.56. The molecule has 5 aromatic rings. The molecule has 0 bridgehead atoms. The van der Waals surface area contributed by atoms with Gasteiger partial charge in [-0.15, -0.1) is 0 Å². The highest BCUT2D eigenvalue weighted by molar-refractivity contribution is 8.15. The van der Waals surface area contributed by atoms with Crippen LogP contribution < -0.4 is 4.74 Å². The molecule has 0 saturated heterocycles. The Hall–Kier alpha value is -4.09. The van der Waals surface area contributed by atoms with Crippen LogP contribution in [0.25, 0.3) is 22.0 Å². The van der Waals surface area contributed by atoms with E-state index in [1.54, 1.807) is 12.1 Å². The zero-order valence-corrected chi connectivity index (χ0v) is 20.2. The van der Waals surface area contributed by atoms with E-state index < -0.39 is 0 Å². The lowest BCUT2D eigenvalue weighted by molar-refractivity contribution is 0.460. The molecule has 0 fully saturated rings. The van der Waals surface area contributed by atoms with Gasteiger partial charge in [-0.05, 0) is 52.9 Å². The Morgan fingerprint density at radius 3 is 2.58 bits per heavy atom. The minimum atomic E-state index is 0.114. The number of aromatic hydroxyl groups is 1. The lowest BCUT2D eigenvalue weighted by atomic mass is 9.95. The Kier molecular flexibility index (Phi) is 5.03. The van der Waals surface area contributed by atoms with Crippen molar-refractivity contribution in [3.05, 3.63) is 120 Å². The van der Waals surface area contributed by atoms with Crippen molar-refractivity contribution in [1.82, 2.24) is 4.98 Å². The second-order valence-electron chi connectivity index (χ2n) is 9.11. The average Bonchev–Trinajstić information content (AvgIpc) is 3.28. The highest BCUT2D eigenvalue weighted by Crippen LogP contribution is 2.48. The number of hydrogen-bond donors (Lipinski definition) is 1. The summed E-state index contributed by atoms with van der Waals surface area (Å²) < 4.78 is 6.10. The summed E-state index contributed by atoms with van der Waals surface area (Å²) in [5.74, 6) is 1.28. The Balaban J connectivity index is 1.22. The maximum atomic E-state index is 10.2. The van der Waals surface area contributed by atoms with Gasteiger partial charge in [0, 0.05) is 22.3 Å². The van der Waals surface area contributed by atoms with E-state index in [0.29, 0.717) is 22.4 Å². The van der Waals surface area contributed by atoms with Crippen LogP contribution in [0.3, 0.4) is 0 Å². The second kappa shape index (κ2) is 8.54. The molecule has 36 heavy (non-hydrogen) atoms. The van der Waals surface area contributed by atoms with E-state index >= 15 is 0 Å². The molecule has 7 rings (SSSR count). The van der Waals surface area contributed by atoms with Crippen molar-refractivity contribution in [2.75, 3.05) is 0 Å². The van der Waals surface area contributed by atoms with Crippen molar-refractivity contribution in [3.8, 4) is 28.5 Å². The van der Waals surface area contributed by atoms with Gasteiger partial charge in [0.1, 0.15) is 17.0 Å². The molecule has 0 spiro atoms. The first-order valence-corrected chi connectivity index (χ1v) is 12.9. The van der Waals surface area contributed by atoms with Crippen LogP contribution >= 0.6 is 11.8 Å². The van der Waals surface area contributed by atoms with Crippen molar-refractivity contribution in [2.24, 2.45) is 4.99 Å². The number of thioether (sulfide) groups is 1. The van der Waals surface area contributed by atoms with E-state index in [4.69, 9.17) is 9.73 Å². The molecule has 0 unspecified atom stereocenters. The Morgan fingerprint density at radius 2 is 1.64 bits per heavy atom. The molecular formula is C31H22N2O2S. The molecule has 0 radical (unpaired) electrons. The first-order chi connectivity index (χ1) is 17.7. The molecule has 2 atom stereocenters. The van der Waals surface area contributed by atoms with E-state index in [0.717, 1.165) is 22.4 Å². The lowest BCUT2D eigenvalue weighted by Gasteiger charge is -2.15. The zero-order valence-electron chi connectivity index (χ0n) is 19.3. The number of phenols is 1. The van der Waals surface area contributed by atoms with Crippen molar-refractivity contribution in [3.63, 3.8) is 0 Å². The summed E-state index contributed by atoms with van der Waals surface area (Å²) in [6.07, 6.45) is 0.980. The van der Waals surface area contributed by atoms with Gasteiger partial charge >= 0.3 is 0 Å². The fraction of sp³-hybridized carbons (Fsp3) is 0.0968. The molecule has 1 aliphatic carbocycles. The van der Waals surface area contributed by atoms with Crippen molar-refractivity contribution in [2.45, 2.75) is 17.7 Å². The zero-order chi connectivity index (χ0) is 24.1. The van der Waals surface area contributed by atoms with Crippen LogP contribution in [0, 0.1) is 0 Å². The Bertz CT molecular complexity index is 1660. The number of nitrogens with zero attached hydrogens (tertiary/aromatic N) is 2. The van der Waals surface area contributed by atoms with Gasteiger partial charge in [-0.2, -0.15) is 0 Å². The van der Waals surface area contributed by atoms with E-state index in [1.165, 1.54) is 22.3 Å². The fourth-order valence-corrected chi connectivity index (χ4v) is 6.50. The maximum absolute atomic E-state index is 10.2. The maximum Gasteiger partial charge on any atom is 0.219 e. The summed E-state index contributed by atoms with van der Waals surface area (Å²) in [6, 6.07) is 34.6. The van der Waals surface area contributed by atoms with Crippen molar-refractivity contribution in [1.29, 1.82) is 0 Å². The third-order valence-electron chi connectivity index (χ3n) is 6.86. The molecule has 4 aromatic carbocycles. The molecule has 174 valence electrons. The lowest BCUT2D eigenvalue weighted by Crippen LogP contribution is -2.11. The summed E-state index contributed by atoms with van der Waals surface area (Å²) in [6.45, 7) is 0. The SMILES string of the molecule is Oc1cccc2ccc(Oc3cccc(C4=N[C@H]5c6ccccc6-c6ccccc6C[C@@H]5S4)c3)nc12. The Labute approximate surface area is 213 Å². The van der Waals surface area contributed by atoms with Crippen LogP contribution in [0.5, 0.6) is 17.4 Å². The molecular weight excluding hydrogens is 464 g/mol. The van der Waals surface area contributed by atoms with E-state index in [-0.39, 0.29) is 11.8 Å². The number of pyridine rings is 1. The average molecular weight is 487 g/mol. The molecule has 0 saturated carbocycles. The van der Waals surface area contributed by atoms with Crippen LogP contribution in [-0.2, 0) is 6.42 Å². The third kappa shape index (κ3) is 3.64. The molecule has 1 aliphatic heterocycles.